The molecule has 3 atom stereocenters. The maximum absolute atomic E-state index is 9.70. The van der Waals surface area contributed by atoms with E-state index in [4.69, 9.17) is 0 Å². The molecular formula is C16H21NO. The fraction of sp³-hybridized carbons (Fsp3) is 0.625. The van der Waals surface area contributed by atoms with Crippen LogP contribution in [-0.4, -0.2) is 30.1 Å². The summed E-state index contributed by atoms with van der Waals surface area (Å²) in [5.41, 5.74) is 3.49. The summed E-state index contributed by atoms with van der Waals surface area (Å²) in [6.45, 7) is 2.56. The quantitative estimate of drug-likeness (QED) is 0.757. The average molecular weight is 243 g/mol. The predicted octanol–water partition coefficient (Wildman–Crippen LogP) is 2.76. The molecule has 2 aliphatic carbocycles. The van der Waals surface area contributed by atoms with Crippen LogP contribution in [-0.2, 0) is 6.42 Å². The van der Waals surface area contributed by atoms with Crippen LogP contribution in [0.4, 0.5) is 0 Å². The van der Waals surface area contributed by atoms with E-state index in [1.807, 2.05) is 12.1 Å². The number of likely N-dealkylation sites (tertiary alicyclic amines) is 1. The van der Waals surface area contributed by atoms with Gasteiger partial charge >= 0.3 is 0 Å². The van der Waals surface area contributed by atoms with Crippen LogP contribution in [0.3, 0.4) is 0 Å². The normalized spacial score (nSPS) is 38.3. The lowest BCUT2D eigenvalue weighted by Gasteiger charge is -2.47. The molecule has 3 aliphatic rings. The van der Waals surface area contributed by atoms with Crippen LogP contribution in [0.1, 0.15) is 36.3 Å². The van der Waals surface area contributed by atoms with Crippen LogP contribution in [0.25, 0.3) is 0 Å². The molecule has 1 spiro atoms. The maximum Gasteiger partial charge on any atom is 0.115 e. The molecule has 1 aromatic rings. The second-order valence-electron chi connectivity index (χ2n) is 6.79. The summed E-state index contributed by atoms with van der Waals surface area (Å²) in [5, 5.41) is 9.70. The number of nitrogens with zero attached hydrogens (tertiary/aromatic N) is 1. The molecule has 1 aromatic carbocycles. The molecule has 1 saturated heterocycles. The highest BCUT2D eigenvalue weighted by molar-refractivity contribution is 5.41. The molecule has 0 amide bonds. The second-order valence-corrected chi connectivity index (χ2v) is 6.79. The van der Waals surface area contributed by atoms with Crippen LogP contribution < -0.4 is 0 Å². The van der Waals surface area contributed by atoms with Gasteiger partial charge in [0.15, 0.2) is 0 Å². The highest BCUT2D eigenvalue weighted by Crippen LogP contribution is 2.57. The fourth-order valence-electron chi connectivity index (χ4n) is 4.97. The number of rotatable bonds is 0. The molecule has 1 heterocycles. The third-order valence-corrected chi connectivity index (χ3v) is 5.61. The van der Waals surface area contributed by atoms with Crippen molar-refractivity contribution in [2.75, 3.05) is 20.1 Å². The van der Waals surface area contributed by atoms with Crippen LogP contribution in [0.15, 0.2) is 18.2 Å². The van der Waals surface area contributed by atoms with Gasteiger partial charge in [0, 0.05) is 13.1 Å². The van der Waals surface area contributed by atoms with E-state index in [1.165, 1.54) is 49.9 Å². The molecule has 2 heteroatoms. The van der Waals surface area contributed by atoms with Gasteiger partial charge in [-0.2, -0.15) is 0 Å². The Kier molecular flexibility index (Phi) is 2.12. The van der Waals surface area contributed by atoms with Crippen molar-refractivity contribution in [1.82, 2.24) is 4.90 Å². The minimum atomic E-state index is 0.440. The smallest absolute Gasteiger partial charge is 0.115 e. The summed E-state index contributed by atoms with van der Waals surface area (Å²) in [6.07, 6.45) is 5.27. The van der Waals surface area contributed by atoms with Crippen LogP contribution >= 0.6 is 0 Å². The Labute approximate surface area is 109 Å². The highest BCUT2D eigenvalue weighted by atomic mass is 16.3. The maximum atomic E-state index is 9.70. The van der Waals surface area contributed by atoms with Gasteiger partial charge in [0.2, 0.25) is 0 Å². The van der Waals surface area contributed by atoms with E-state index in [9.17, 15) is 5.11 Å². The van der Waals surface area contributed by atoms with Crippen molar-refractivity contribution in [2.45, 2.75) is 31.6 Å². The molecule has 1 N–H and O–H groups in total. The Bertz CT molecular complexity index is 498. The van der Waals surface area contributed by atoms with Crippen LogP contribution in [0.2, 0.25) is 0 Å². The molecule has 1 aliphatic heterocycles. The number of hydrogen-bond donors (Lipinski definition) is 1. The van der Waals surface area contributed by atoms with Crippen molar-refractivity contribution in [2.24, 2.45) is 11.3 Å². The molecule has 96 valence electrons. The summed E-state index contributed by atoms with van der Waals surface area (Å²) in [7, 11) is 2.27. The summed E-state index contributed by atoms with van der Waals surface area (Å²) >= 11 is 0. The van der Waals surface area contributed by atoms with Crippen molar-refractivity contribution in [3.63, 3.8) is 0 Å². The minimum absolute atomic E-state index is 0.440. The summed E-state index contributed by atoms with van der Waals surface area (Å²) in [5.74, 6) is 2.04. The molecule has 2 fully saturated rings. The highest BCUT2D eigenvalue weighted by Gasteiger charge is 2.51. The summed E-state index contributed by atoms with van der Waals surface area (Å²) < 4.78 is 0. The molecule has 2 nitrogen and oxygen atoms in total. The van der Waals surface area contributed by atoms with Gasteiger partial charge < -0.3 is 10.0 Å². The monoisotopic (exact) mass is 243 g/mol. The SMILES string of the molecule is CN1C[C@@H]2CCC3C[C@]2(Cc2ccc(O)cc23)C1. The number of phenolic OH excluding ortho intramolecular Hbond substituents is 1. The van der Waals surface area contributed by atoms with E-state index in [0.717, 1.165) is 5.92 Å². The average Bonchev–Trinajstić information content (AvgIpc) is 2.64. The number of phenols is 1. The Hall–Kier alpha value is -1.02. The zero-order chi connectivity index (χ0) is 12.3. The van der Waals surface area contributed by atoms with Crippen LogP contribution in [0, 0.1) is 11.3 Å². The first-order valence-electron chi connectivity index (χ1n) is 7.17. The third kappa shape index (κ3) is 1.38. The minimum Gasteiger partial charge on any atom is -0.508 e. The van der Waals surface area contributed by atoms with Gasteiger partial charge in [-0.15, -0.1) is 0 Å². The molecule has 18 heavy (non-hydrogen) atoms. The van der Waals surface area contributed by atoms with E-state index in [2.05, 4.69) is 18.0 Å². The van der Waals surface area contributed by atoms with E-state index in [-0.39, 0.29) is 0 Å². The zero-order valence-electron chi connectivity index (χ0n) is 11.0. The second kappa shape index (κ2) is 3.51. The van der Waals surface area contributed by atoms with Gasteiger partial charge in [-0.25, -0.2) is 0 Å². The molecule has 0 aromatic heterocycles. The number of benzene rings is 1. The Morgan fingerprint density at radius 3 is 3.11 bits per heavy atom. The molecule has 4 rings (SSSR count). The largest absolute Gasteiger partial charge is 0.508 e. The fourth-order valence-corrected chi connectivity index (χ4v) is 4.97. The topological polar surface area (TPSA) is 23.5 Å². The van der Waals surface area contributed by atoms with E-state index in [0.29, 0.717) is 17.1 Å². The van der Waals surface area contributed by atoms with Gasteiger partial charge in [-0.3, -0.25) is 0 Å². The van der Waals surface area contributed by atoms with Crippen molar-refractivity contribution in [3.8, 4) is 5.75 Å². The number of hydrogen-bond acceptors (Lipinski definition) is 2. The van der Waals surface area contributed by atoms with Gasteiger partial charge in [0.25, 0.3) is 0 Å². The Morgan fingerprint density at radius 1 is 1.33 bits per heavy atom. The van der Waals surface area contributed by atoms with Gasteiger partial charge in [0.1, 0.15) is 5.75 Å². The van der Waals surface area contributed by atoms with Gasteiger partial charge in [-0.05, 0) is 73.2 Å². The zero-order valence-corrected chi connectivity index (χ0v) is 11.0. The molecule has 1 saturated carbocycles. The molecule has 2 bridgehead atoms. The standard InChI is InChI=1S/C16H21NO/c1-17-9-13-4-2-11-7-16(13,10-17)8-12-3-5-14(18)6-15(11)12/h3,5-6,11,13,18H,2,4,7-10H2,1H3/t11?,13-,16-/m0/s1. The molecular weight excluding hydrogens is 222 g/mol. The number of fused-ring (bicyclic) bond motifs is 3. The lowest BCUT2D eigenvalue weighted by Crippen LogP contribution is -2.41. The predicted molar refractivity (Wildman–Crippen MR) is 71.8 cm³/mol. The lowest BCUT2D eigenvalue weighted by molar-refractivity contribution is 0.115. The summed E-state index contributed by atoms with van der Waals surface area (Å²) in [6, 6.07) is 6.05. The van der Waals surface area contributed by atoms with E-state index < -0.39 is 0 Å². The molecule has 1 unspecified atom stereocenters. The van der Waals surface area contributed by atoms with E-state index in [1.54, 1.807) is 0 Å². The molecule has 0 radical (unpaired) electrons. The third-order valence-electron chi connectivity index (χ3n) is 5.61. The first-order chi connectivity index (χ1) is 8.66. The van der Waals surface area contributed by atoms with E-state index >= 15 is 0 Å². The van der Waals surface area contributed by atoms with Crippen molar-refractivity contribution in [1.29, 1.82) is 0 Å². The van der Waals surface area contributed by atoms with Crippen LogP contribution in [0.5, 0.6) is 5.75 Å². The van der Waals surface area contributed by atoms with Gasteiger partial charge in [0.05, 0.1) is 0 Å². The van der Waals surface area contributed by atoms with Crippen molar-refractivity contribution in [3.05, 3.63) is 29.3 Å². The number of aromatic hydroxyl groups is 1. The lowest BCUT2D eigenvalue weighted by atomic mass is 9.57. The van der Waals surface area contributed by atoms with Crippen molar-refractivity contribution >= 4 is 0 Å². The Balaban J connectivity index is 1.80. The Morgan fingerprint density at radius 2 is 2.22 bits per heavy atom. The summed E-state index contributed by atoms with van der Waals surface area (Å²) in [4.78, 5) is 2.53. The van der Waals surface area contributed by atoms with Gasteiger partial charge in [-0.1, -0.05) is 6.07 Å². The first-order valence-corrected chi connectivity index (χ1v) is 7.17. The van der Waals surface area contributed by atoms with Crippen molar-refractivity contribution < 1.29 is 5.11 Å². The first kappa shape index (κ1) is 10.9.